The first-order valence-electron chi connectivity index (χ1n) is 21.3. The van der Waals surface area contributed by atoms with Crippen molar-refractivity contribution in [1.29, 1.82) is 0 Å². The number of alkyl halides is 6. The Morgan fingerprint density at radius 3 is 2.14 bits per heavy atom. The van der Waals surface area contributed by atoms with Crippen LogP contribution in [0.15, 0.2) is 85.1 Å². The third kappa shape index (κ3) is 9.30. The maximum atomic E-state index is 16.0. The maximum absolute atomic E-state index is 16.0. The van der Waals surface area contributed by atoms with E-state index in [4.69, 9.17) is 14.6 Å². The maximum Gasteiger partial charge on any atom is 0.421 e. The van der Waals surface area contributed by atoms with Gasteiger partial charge in [-0.25, -0.2) is 23.2 Å². The lowest BCUT2D eigenvalue weighted by Crippen LogP contribution is -2.42. The lowest BCUT2D eigenvalue weighted by atomic mass is 9.96. The van der Waals surface area contributed by atoms with Crippen LogP contribution in [0.3, 0.4) is 0 Å². The summed E-state index contributed by atoms with van der Waals surface area (Å²) in [7, 11) is 0. The monoisotopic (exact) mass is 940 g/mol. The zero-order valence-corrected chi connectivity index (χ0v) is 37.4. The van der Waals surface area contributed by atoms with Crippen LogP contribution in [0, 0.1) is 5.82 Å². The predicted molar refractivity (Wildman–Crippen MR) is 236 cm³/mol. The number of hydrogen-bond acceptors (Lipinski definition) is 8. The minimum Gasteiger partial charge on any atom is -0.424 e. The van der Waals surface area contributed by atoms with Crippen molar-refractivity contribution in [2.45, 2.75) is 78.1 Å². The Kier molecular flexibility index (Phi) is 13.8. The van der Waals surface area contributed by atoms with Crippen molar-refractivity contribution in [3.05, 3.63) is 141 Å². The molecule has 4 aromatic carbocycles. The Hall–Kier alpha value is -5.75. The molecule has 8 rings (SSSR count). The van der Waals surface area contributed by atoms with E-state index in [1.54, 1.807) is 41.6 Å². The number of ether oxygens (including phenoxy) is 2. The molecule has 66 heavy (non-hydrogen) atoms. The molecule has 0 aliphatic carbocycles. The standard InChI is InChI=1S/C48H47F7N6O4.ClH/c1-5-30-8-7-9-31(6-2)40(30)61-41(37-27-59(46(3,4)43(37)57-61)26-33-14-15-34(47(50,51)52)24-38(33)48(53,54)55)35-16-17-39(49)42-36(35)18-21-60(42)45(63)65-28-64-44(62)32-12-10-29(11-13-32)25-58-22-19-56-20-23-58;/h7-18,21,24,56H,5-6,19-20,22-23,25-28H2,1-4H3;1H. The highest BCUT2D eigenvalue weighted by Crippen LogP contribution is 2.48. The normalized spacial score (nSPS) is 15.4. The smallest absolute Gasteiger partial charge is 0.421 e. The first-order chi connectivity index (χ1) is 30.9. The summed E-state index contributed by atoms with van der Waals surface area (Å²) in [4.78, 5) is 30.4. The molecule has 1 fully saturated rings. The van der Waals surface area contributed by atoms with Gasteiger partial charge in [0, 0.05) is 68.5 Å². The molecule has 0 saturated carbocycles. The highest BCUT2D eigenvalue weighted by atomic mass is 35.5. The molecule has 6 aromatic rings. The van der Waals surface area contributed by atoms with E-state index in [2.05, 4.69) is 10.2 Å². The number of carbonyl (C=O) groups is 2. The highest BCUT2D eigenvalue weighted by Gasteiger charge is 2.45. The van der Waals surface area contributed by atoms with E-state index in [1.807, 2.05) is 44.2 Å². The minimum absolute atomic E-state index is 0. The quantitative estimate of drug-likeness (QED) is 0.0780. The predicted octanol–water partition coefficient (Wildman–Crippen LogP) is 10.7. The summed E-state index contributed by atoms with van der Waals surface area (Å²) in [6, 6.07) is 18.7. The fraction of sp³-hybridized carbons (Fsp3) is 0.354. The van der Waals surface area contributed by atoms with Crippen LogP contribution in [0.1, 0.15) is 82.7 Å². The average molecular weight is 941 g/mol. The summed E-state index contributed by atoms with van der Waals surface area (Å²) >= 11 is 0. The van der Waals surface area contributed by atoms with Gasteiger partial charge in [0.25, 0.3) is 0 Å². The van der Waals surface area contributed by atoms with E-state index >= 15 is 4.39 Å². The zero-order valence-electron chi connectivity index (χ0n) is 36.6. The summed E-state index contributed by atoms with van der Waals surface area (Å²) < 4.78 is 113. The number of rotatable bonds is 11. The molecule has 10 nitrogen and oxygen atoms in total. The van der Waals surface area contributed by atoms with Crippen LogP contribution in [0.5, 0.6) is 0 Å². The van der Waals surface area contributed by atoms with E-state index in [-0.39, 0.29) is 53.6 Å². The first kappa shape index (κ1) is 48.2. The van der Waals surface area contributed by atoms with Gasteiger partial charge in [-0.05, 0) is 91.4 Å². The Morgan fingerprint density at radius 1 is 0.818 bits per heavy atom. The van der Waals surface area contributed by atoms with Crippen molar-refractivity contribution in [2.75, 3.05) is 33.0 Å². The Labute approximate surface area is 382 Å². The molecular formula is C48H48ClF7N6O4. The van der Waals surface area contributed by atoms with Gasteiger partial charge in [0.2, 0.25) is 6.79 Å². The number of fused-ring (bicyclic) bond motifs is 2. The number of benzene rings is 4. The molecule has 2 aliphatic heterocycles. The van der Waals surface area contributed by atoms with Crippen LogP contribution in [-0.2, 0) is 59.8 Å². The van der Waals surface area contributed by atoms with Gasteiger partial charge in [0.1, 0.15) is 5.82 Å². The summed E-state index contributed by atoms with van der Waals surface area (Å²) in [5.41, 5.74) is 1.69. The molecule has 18 heteroatoms. The summed E-state index contributed by atoms with van der Waals surface area (Å²) in [6.45, 7) is 10.9. The molecule has 0 unspecified atom stereocenters. The number of halogens is 8. The van der Waals surface area contributed by atoms with Gasteiger partial charge in [-0.2, -0.15) is 31.4 Å². The Morgan fingerprint density at radius 2 is 1.50 bits per heavy atom. The van der Waals surface area contributed by atoms with Gasteiger partial charge in [-0.15, -0.1) is 12.4 Å². The van der Waals surface area contributed by atoms with Crippen molar-refractivity contribution in [3.8, 4) is 16.9 Å². The lowest BCUT2D eigenvalue weighted by Gasteiger charge is -2.33. The lowest BCUT2D eigenvalue weighted by molar-refractivity contribution is -0.143. The van der Waals surface area contributed by atoms with Gasteiger partial charge in [-0.3, -0.25) is 9.80 Å². The second-order valence-electron chi connectivity index (χ2n) is 16.7. The molecule has 0 atom stereocenters. The van der Waals surface area contributed by atoms with Gasteiger partial charge in [-0.1, -0.05) is 50.2 Å². The Bertz CT molecular complexity index is 2740. The molecule has 2 aromatic heterocycles. The van der Waals surface area contributed by atoms with Gasteiger partial charge in [0.05, 0.1) is 44.8 Å². The fourth-order valence-corrected chi connectivity index (χ4v) is 8.91. The number of nitrogens with one attached hydrogen (secondary N) is 1. The van der Waals surface area contributed by atoms with Crippen LogP contribution in [0.2, 0.25) is 0 Å². The number of nitrogens with zero attached hydrogens (tertiary/aromatic N) is 5. The van der Waals surface area contributed by atoms with Crippen LogP contribution in [0.25, 0.3) is 27.8 Å². The van der Waals surface area contributed by atoms with E-state index in [1.165, 1.54) is 18.3 Å². The number of carbonyl (C=O) groups excluding carboxylic acids is 2. The second kappa shape index (κ2) is 18.9. The van der Waals surface area contributed by atoms with E-state index < -0.39 is 53.7 Å². The average Bonchev–Trinajstić information content (AvgIpc) is 3.96. The van der Waals surface area contributed by atoms with E-state index in [0.717, 1.165) is 65.7 Å². The largest absolute Gasteiger partial charge is 0.424 e. The van der Waals surface area contributed by atoms with Crippen LogP contribution < -0.4 is 5.32 Å². The molecule has 0 amide bonds. The van der Waals surface area contributed by atoms with Crippen LogP contribution >= 0.6 is 12.4 Å². The third-order valence-electron chi connectivity index (χ3n) is 12.4. The summed E-state index contributed by atoms with van der Waals surface area (Å²) in [5.74, 6) is -1.48. The molecule has 0 bridgehead atoms. The van der Waals surface area contributed by atoms with Crippen molar-refractivity contribution in [2.24, 2.45) is 0 Å². The fourth-order valence-electron chi connectivity index (χ4n) is 8.91. The summed E-state index contributed by atoms with van der Waals surface area (Å²) in [6.07, 6.45) is -8.51. The molecule has 0 spiro atoms. The molecule has 4 heterocycles. The van der Waals surface area contributed by atoms with Crippen molar-refractivity contribution in [3.63, 3.8) is 0 Å². The first-order valence-corrected chi connectivity index (χ1v) is 21.3. The SMILES string of the molecule is CCc1cccc(CC)c1-n1nc2c(c1-c1ccc(F)c3c1ccn3C(=O)OCOC(=O)c1ccc(CN3CCNCC3)cc1)CN(Cc1ccc(C(F)(F)F)cc1C(F)(F)F)C2(C)C.Cl. The van der Waals surface area contributed by atoms with Crippen LogP contribution in [-0.4, -0.2) is 69.2 Å². The molecule has 2 aliphatic rings. The van der Waals surface area contributed by atoms with Gasteiger partial charge < -0.3 is 14.8 Å². The van der Waals surface area contributed by atoms with E-state index in [9.17, 15) is 35.9 Å². The minimum atomic E-state index is -5.07. The van der Waals surface area contributed by atoms with Crippen molar-refractivity contribution in [1.82, 2.24) is 29.5 Å². The number of esters is 1. The number of aryl methyl sites for hydroxylation is 2. The van der Waals surface area contributed by atoms with Crippen molar-refractivity contribution < 1.29 is 49.8 Å². The highest BCUT2D eigenvalue weighted by molar-refractivity contribution is 6.00. The second-order valence-corrected chi connectivity index (χ2v) is 16.7. The van der Waals surface area contributed by atoms with Gasteiger partial charge in [0.15, 0.2) is 0 Å². The third-order valence-corrected chi connectivity index (χ3v) is 12.4. The summed E-state index contributed by atoms with van der Waals surface area (Å²) in [5, 5.41) is 8.76. The van der Waals surface area contributed by atoms with Crippen LogP contribution in [0.4, 0.5) is 35.5 Å². The van der Waals surface area contributed by atoms with Gasteiger partial charge >= 0.3 is 24.4 Å². The molecule has 350 valence electrons. The van der Waals surface area contributed by atoms with Crippen molar-refractivity contribution >= 4 is 35.4 Å². The number of aromatic nitrogens is 3. The number of para-hydroxylation sites is 1. The molecule has 1 N–H and O–H groups in total. The molecule has 1 saturated heterocycles. The molecule has 0 radical (unpaired) electrons. The number of hydrogen-bond donors (Lipinski definition) is 1. The Balaban J connectivity index is 0.00000648. The molecular weight excluding hydrogens is 893 g/mol. The van der Waals surface area contributed by atoms with E-state index in [0.29, 0.717) is 41.4 Å². The zero-order chi connectivity index (χ0) is 46.4. The number of piperazine rings is 1. The topological polar surface area (TPSA) is 93.9 Å².